The van der Waals surface area contributed by atoms with Crippen LogP contribution in [0.5, 0.6) is 11.5 Å². The SMILES string of the molecule is COc1cc(Nc2nccc(-c3ccc(OC4CCOCC4)cc3)n2)ccc1N1CCOCC1. The Bertz CT molecular complexity index is 1080. The van der Waals surface area contributed by atoms with Gasteiger partial charge in [-0.05, 0) is 42.5 Å². The van der Waals surface area contributed by atoms with Gasteiger partial charge < -0.3 is 29.2 Å². The summed E-state index contributed by atoms with van der Waals surface area (Å²) in [6, 6.07) is 16.0. The van der Waals surface area contributed by atoms with Crippen molar-refractivity contribution in [2.24, 2.45) is 0 Å². The third kappa shape index (κ3) is 5.40. The number of nitrogens with zero attached hydrogens (tertiary/aromatic N) is 3. The molecule has 178 valence electrons. The van der Waals surface area contributed by atoms with Crippen molar-refractivity contribution in [2.75, 3.05) is 56.8 Å². The molecule has 2 aromatic carbocycles. The Labute approximate surface area is 199 Å². The molecule has 2 saturated heterocycles. The van der Waals surface area contributed by atoms with Gasteiger partial charge >= 0.3 is 0 Å². The molecule has 5 rings (SSSR count). The zero-order valence-electron chi connectivity index (χ0n) is 19.4. The number of hydrogen-bond acceptors (Lipinski definition) is 8. The van der Waals surface area contributed by atoms with E-state index in [2.05, 4.69) is 21.3 Å². The molecule has 34 heavy (non-hydrogen) atoms. The van der Waals surface area contributed by atoms with E-state index in [9.17, 15) is 0 Å². The van der Waals surface area contributed by atoms with Gasteiger partial charge in [-0.25, -0.2) is 9.97 Å². The lowest BCUT2D eigenvalue weighted by Gasteiger charge is -2.30. The molecule has 0 atom stereocenters. The summed E-state index contributed by atoms with van der Waals surface area (Å²) < 4.78 is 22.6. The molecule has 1 aromatic heterocycles. The molecule has 0 spiro atoms. The highest BCUT2D eigenvalue weighted by Gasteiger charge is 2.17. The van der Waals surface area contributed by atoms with Crippen molar-refractivity contribution in [1.29, 1.82) is 0 Å². The largest absolute Gasteiger partial charge is 0.495 e. The number of hydrogen-bond donors (Lipinski definition) is 1. The standard InChI is InChI=1S/C26H30N4O4/c1-31-25-18-20(4-7-24(25)30-12-16-33-17-13-30)28-26-27-11-8-23(29-26)19-2-5-21(6-3-19)34-22-9-14-32-15-10-22/h2-8,11,18,22H,9-10,12-17H2,1H3,(H,27,28,29). The van der Waals surface area contributed by atoms with Gasteiger partial charge in [0.25, 0.3) is 0 Å². The maximum Gasteiger partial charge on any atom is 0.227 e. The van der Waals surface area contributed by atoms with E-state index in [-0.39, 0.29) is 6.10 Å². The van der Waals surface area contributed by atoms with Crippen LogP contribution in [0.2, 0.25) is 0 Å². The van der Waals surface area contributed by atoms with E-state index in [0.717, 1.165) is 86.5 Å². The minimum Gasteiger partial charge on any atom is -0.495 e. The highest BCUT2D eigenvalue weighted by Crippen LogP contribution is 2.33. The van der Waals surface area contributed by atoms with Crippen LogP contribution in [-0.2, 0) is 9.47 Å². The Morgan fingerprint density at radius 3 is 2.47 bits per heavy atom. The summed E-state index contributed by atoms with van der Waals surface area (Å²) in [5.41, 5.74) is 3.78. The van der Waals surface area contributed by atoms with E-state index in [4.69, 9.17) is 23.9 Å². The molecular weight excluding hydrogens is 432 g/mol. The Kier molecular flexibility index (Phi) is 7.07. The van der Waals surface area contributed by atoms with Gasteiger partial charge in [-0.15, -0.1) is 0 Å². The Morgan fingerprint density at radius 1 is 0.941 bits per heavy atom. The van der Waals surface area contributed by atoms with E-state index in [1.54, 1.807) is 13.3 Å². The average Bonchev–Trinajstić information content (AvgIpc) is 2.90. The Morgan fingerprint density at radius 2 is 1.71 bits per heavy atom. The van der Waals surface area contributed by atoms with Crippen LogP contribution in [0.1, 0.15) is 12.8 Å². The number of ether oxygens (including phenoxy) is 4. The number of nitrogens with one attached hydrogen (secondary N) is 1. The lowest BCUT2D eigenvalue weighted by atomic mass is 10.1. The molecule has 0 radical (unpaired) electrons. The van der Waals surface area contributed by atoms with Gasteiger partial charge in [-0.2, -0.15) is 0 Å². The molecule has 0 unspecified atom stereocenters. The summed E-state index contributed by atoms with van der Waals surface area (Å²) in [5, 5.41) is 3.30. The first-order chi connectivity index (χ1) is 16.8. The molecule has 8 nitrogen and oxygen atoms in total. The Balaban J connectivity index is 1.27. The minimum absolute atomic E-state index is 0.223. The van der Waals surface area contributed by atoms with Crippen molar-refractivity contribution in [1.82, 2.24) is 9.97 Å². The summed E-state index contributed by atoms with van der Waals surface area (Å²) in [6.45, 7) is 4.70. The highest BCUT2D eigenvalue weighted by atomic mass is 16.5. The lowest BCUT2D eigenvalue weighted by molar-refractivity contribution is 0.0256. The van der Waals surface area contributed by atoms with E-state index in [1.165, 1.54) is 0 Å². The predicted octanol–water partition coefficient (Wildman–Crippen LogP) is 4.29. The van der Waals surface area contributed by atoms with Gasteiger partial charge in [-0.1, -0.05) is 0 Å². The molecule has 8 heteroatoms. The molecule has 2 aliphatic rings. The van der Waals surface area contributed by atoms with Gasteiger partial charge in [0.2, 0.25) is 5.95 Å². The molecule has 0 amide bonds. The molecule has 0 bridgehead atoms. The van der Waals surface area contributed by atoms with Crippen molar-refractivity contribution in [3.05, 3.63) is 54.7 Å². The number of morpholine rings is 1. The van der Waals surface area contributed by atoms with Gasteiger partial charge in [0.15, 0.2) is 0 Å². The van der Waals surface area contributed by atoms with E-state index >= 15 is 0 Å². The predicted molar refractivity (Wildman–Crippen MR) is 131 cm³/mol. The average molecular weight is 463 g/mol. The molecule has 2 fully saturated rings. The minimum atomic E-state index is 0.223. The maximum atomic E-state index is 6.08. The monoisotopic (exact) mass is 462 g/mol. The number of rotatable bonds is 7. The van der Waals surface area contributed by atoms with Gasteiger partial charge in [-0.3, -0.25) is 0 Å². The van der Waals surface area contributed by atoms with E-state index in [0.29, 0.717) is 5.95 Å². The third-order valence-electron chi connectivity index (χ3n) is 6.06. The summed E-state index contributed by atoms with van der Waals surface area (Å²) in [6.07, 6.45) is 3.85. The van der Waals surface area contributed by atoms with Gasteiger partial charge in [0.05, 0.1) is 44.9 Å². The van der Waals surface area contributed by atoms with Gasteiger partial charge in [0, 0.05) is 49.4 Å². The Hall–Kier alpha value is -3.36. The quantitative estimate of drug-likeness (QED) is 0.557. The van der Waals surface area contributed by atoms with Crippen LogP contribution in [0.15, 0.2) is 54.7 Å². The molecule has 2 aliphatic heterocycles. The van der Waals surface area contributed by atoms with Gasteiger partial charge in [0.1, 0.15) is 17.6 Å². The topological polar surface area (TPSA) is 78.0 Å². The number of anilines is 3. The summed E-state index contributed by atoms with van der Waals surface area (Å²) in [7, 11) is 1.69. The fourth-order valence-electron chi connectivity index (χ4n) is 4.22. The molecule has 0 aliphatic carbocycles. The lowest BCUT2D eigenvalue weighted by Crippen LogP contribution is -2.36. The van der Waals surface area contributed by atoms with Crippen LogP contribution in [0.4, 0.5) is 17.3 Å². The van der Waals surface area contributed by atoms with Crippen LogP contribution in [-0.4, -0.2) is 62.7 Å². The second-order valence-corrected chi connectivity index (χ2v) is 8.33. The van der Waals surface area contributed by atoms with Crippen molar-refractivity contribution < 1.29 is 18.9 Å². The summed E-state index contributed by atoms with van der Waals surface area (Å²) in [4.78, 5) is 11.4. The van der Waals surface area contributed by atoms with E-state index in [1.807, 2.05) is 42.5 Å². The normalized spacial score (nSPS) is 16.8. The van der Waals surface area contributed by atoms with E-state index < -0.39 is 0 Å². The molecule has 3 aromatic rings. The van der Waals surface area contributed by atoms with Crippen molar-refractivity contribution in [3.8, 4) is 22.8 Å². The van der Waals surface area contributed by atoms with Crippen molar-refractivity contribution in [2.45, 2.75) is 18.9 Å². The maximum absolute atomic E-state index is 6.08. The fraction of sp³-hybridized carbons (Fsp3) is 0.385. The van der Waals surface area contributed by atoms with Crippen molar-refractivity contribution in [3.63, 3.8) is 0 Å². The van der Waals surface area contributed by atoms with Crippen LogP contribution in [0.3, 0.4) is 0 Å². The van der Waals surface area contributed by atoms with Crippen LogP contribution >= 0.6 is 0 Å². The zero-order chi connectivity index (χ0) is 23.2. The first kappa shape index (κ1) is 22.4. The second kappa shape index (κ2) is 10.7. The number of benzene rings is 2. The molecular formula is C26H30N4O4. The molecule has 0 saturated carbocycles. The smallest absolute Gasteiger partial charge is 0.227 e. The van der Waals surface area contributed by atoms with Crippen LogP contribution < -0.4 is 19.7 Å². The zero-order valence-corrected chi connectivity index (χ0v) is 19.4. The number of methoxy groups -OCH3 is 1. The fourth-order valence-corrected chi connectivity index (χ4v) is 4.22. The highest BCUT2D eigenvalue weighted by molar-refractivity contribution is 5.68. The first-order valence-corrected chi connectivity index (χ1v) is 11.7. The number of aromatic nitrogens is 2. The van der Waals surface area contributed by atoms with Crippen molar-refractivity contribution >= 4 is 17.3 Å². The van der Waals surface area contributed by atoms with Crippen LogP contribution in [0.25, 0.3) is 11.3 Å². The van der Waals surface area contributed by atoms with Crippen LogP contribution in [0, 0.1) is 0 Å². The summed E-state index contributed by atoms with van der Waals surface area (Å²) >= 11 is 0. The third-order valence-corrected chi connectivity index (χ3v) is 6.06. The summed E-state index contributed by atoms with van der Waals surface area (Å²) in [5.74, 6) is 2.21. The first-order valence-electron chi connectivity index (χ1n) is 11.7. The molecule has 3 heterocycles. The molecule has 1 N–H and O–H groups in total. The second-order valence-electron chi connectivity index (χ2n) is 8.33.